The Morgan fingerprint density at radius 2 is 0.897 bits per heavy atom. The van der Waals surface area contributed by atoms with Crippen molar-refractivity contribution in [1.82, 2.24) is 0 Å². The fourth-order valence-electron chi connectivity index (χ4n) is 11.5. The van der Waals surface area contributed by atoms with Crippen LogP contribution in [-0.4, -0.2) is 0 Å². The van der Waals surface area contributed by atoms with Gasteiger partial charge in [0.25, 0.3) is 0 Å². The van der Waals surface area contributed by atoms with Crippen LogP contribution >= 0.6 is 0 Å². The number of benzene rings is 9. The van der Waals surface area contributed by atoms with Gasteiger partial charge in [-0.1, -0.05) is 163 Å². The molecule has 0 saturated heterocycles. The second-order valence-corrected chi connectivity index (χ2v) is 18.5. The molecule has 0 spiro atoms. The van der Waals surface area contributed by atoms with Crippen LogP contribution in [0.1, 0.15) is 74.9 Å². The summed E-state index contributed by atoms with van der Waals surface area (Å²) in [6, 6.07) is 62.1. The van der Waals surface area contributed by atoms with E-state index in [0.29, 0.717) is 0 Å². The molecule has 0 atom stereocenters. The minimum absolute atomic E-state index is 0.0924. The van der Waals surface area contributed by atoms with Crippen molar-refractivity contribution in [1.29, 1.82) is 0 Å². The number of fused-ring (bicyclic) bond motifs is 14. The van der Waals surface area contributed by atoms with Crippen molar-refractivity contribution >= 4 is 49.4 Å². The first-order chi connectivity index (χ1) is 28.0. The Morgan fingerprint density at radius 3 is 1.67 bits per heavy atom. The molecule has 9 aromatic carbocycles. The lowest BCUT2D eigenvalue weighted by Crippen LogP contribution is -2.18. The van der Waals surface area contributed by atoms with E-state index in [-0.39, 0.29) is 16.2 Å². The summed E-state index contributed by atoms with van der Waals surface area (Å²) in [4.78, 5) is 2.56. The van der Waals surface area contributed by atoms with Crippen LogP contribution in [0, 0.1) is 0 Å². The monoisotopic (exact) mass is 743 g/mol. The fraction of sp³-hybridized carbons (Fsp3) is 0.158. The summed E-state index contributed by atoms with van der Waals surface area (Å²) in [7, 11) is 0. The van der Waals surface area contributed by atoms with Crippen molar-refractivity contribution in [3.05, 3.63) is 197 Å². The molecule has 3 aliphatic rings. The van der Waals surface area contributed by atoms with Gasteiger partial charge in [-0.25, -0.2) is 0 Å². The summed E-state index contributed by atoms with van der Waals surface area (Å²) >= 11 is 0. The Labute approximate surface area is 341 Å². The molecule has 0 aliphatic heterocycles. The van der Waals surface area contributed by atoms with E-state index in [1.54, 1.807) is 0 Å². The quantitative estimate of drug-likeness (QED) is 0.174. The molecule has 0 bridgehead atoms. The lowest BCUT2D eigenvalue weighted by molar-refractivity contribution is 0.652. The Morgan fingerprint density at radius 1 is 0.328 bits per heavy atom. The zero-order chi connectivity index (χ0) is 39.3. The molecule has 9 aromatic rings. The molecule has 0 aromatic heterocycles. The standard InChI is InChI=1S/C57H45N/c1-55(2)46-29-25-34-16-10-13-21-39(34)51(46)45-33-48-44(32-49(45)55)42-28-26-38(31-47(42)56(48,3)4)58(37-19-8-7-9-20-37)54-41-23-15-12-18-36(41)30-50-52(54)43-27-24-35-17-11-14-22-40(35)53(43)57(50,5)6/h7-33H,1-6H3. The van der Waals surface area contributed by atoms with E-state index in [1.807, 2.05) is 0 Å². The van der Waals surface area contributed by atoms with Crippen molar-refractivity contribution < 1.29 is 0 Å². The Kier molecular flexibility index (Phi) is 6.60. The zero-order valence-electron chi connectivity index (χ0n) is 34.0. The first kappa shape index (κ1) is 33.7. The Balaban J connectivity index is 1.10. The third kappa shape index (κ3) is 4.26. The maximum Gasteiger partial charge on any atom is 0.0621 e. The lowest BCUT2D eigenvalue weighted by Gasteiger charge is -2.31. The minimum atomic E-state index is -0.205. The van der Waals surface area contributed by atoms with Crippen molar-refractivity contribution in [2.24, 2.45) is 0 Å². The molecule has 0 heterocycles. The molecule has 1 heteroatoms. The second-order valence-electron chi connectivity index (χ2n) is 18.5. The molecule has 0 unspecified atom stereocenters. The molecular weight excluding hydrogens is 699 g/mol. The van der Waals surface area contributed by atoms with Gasteiger partial charge in [-0.15, -0.1) is 0 Å². The number of para-hydroxylation sites is 1. The smallest absolute Gasteiger partial charge is 0.0621 e. The summed E-state index contributed by atoms with van der Waals surface area (Å²) < 4.78 is 0. The van der Waals surface area contributed by atoms with Gasteiger partial charge in [-0.3, -0.25) is 0 Å². The molecule has 0 N–H and O–H groups in total. The average molecular weight is 744 g/mol. The van der Waals surface area contributed by atoms with E-state index in [0.717, 1.165) is 5.69 Å². The number of hydrogen-bond acceptors (Lipinski definition) is 1. The highest BCUT2D eigenvalue weighted by Gasteiger charge is 2.44. The molecule has 0 fully saturated rings. The van der Waals surface area contributed by atoms with E-state index < -0.39 is 0 Å². The number of hydrogen-bond donors (Lipinski definition) is 0. The van der Waals surface area contributed by atoms with Crippen molar-refractivity contribution in [2.75, 3.05) is 4.90 Å². The van der Waals surface area contributed by atoms with Gasteiger partial charge in [0, 0.05) is 38.6 Å². The van der Waals surface area contributed by atoms with Crippen LogP contribution in [0.5, 0.6) is 0 Å². The van der Waals surface area contributed by atoms with E-state index >= 15 is 0 Å². The number of nitrogens with zero attached hydrogens (tertiary/aromatic N) is 1. The van der Waals surface area contributed by atoms with Crippen molar-refractivity contribution in [3.63, 3.8) is 0 Å². The minimum Gasteiger partial charge on any atom is -0.309 e. The molecule has 278 valence electrons. The summed E-state index contributed by atoms with van der Waals surface area (Å²) in [5.74, 6) is 0. The van der Waals surface area contributed by atoms with Gasteiger partial charge >= 0.3 is 0 Å². The topological polar surface area (TPSA) is 3.24 Å². The van der Waals surface area contributed by atoms with Crippen LogP contribution in [0.4, 0.5) is 17.1 Å². The van der Waals surface area contributed by atoms with Gasteiger partial charge in [0.2, 0.25) is 0 Å². The van der Waals surface area contributed by atoms with Crippen LogP contribution < -0.4 is 4.90 Å². The highest BCUT2D eigenvalue weighted by atomic mass is 15.1. The maximum absolute atomic E-state index is 2.56. The van der Waals surface area contributed by atoms with Crippen LogP contribution in [0.2, 0.25) is 0 Å². The van der Waals surface area contributed by atoms with Crippen LogP contribution in [0.15, 0.2) is 164 Å². The fourth-order valence-corrected chi connectivity index (χ4v) is 11.5. The van der Waals surface area contributed by atoms with E-state index in [9.17, 15) is 0 Å². The molecule has 0 radical (unpaired) electrons. The number of rotatable bonds is 3. The van der Waals surface area contributed by atoms with Gasteiger partial charge in [0.05, 0.1) is 5.69 Å². The van der Waals surface area contributed by atoms with Crippen molar-refractivity contribution in [3.8, 4) is 33.4 Å². The highest BCUT2D eigenvalue weighted by molar-refractivity contribution is 6.12. The van der Waals surface area contributed by atoms with E-state index in [4.69, 9.17) is 0 Å². The second kappa shape index (κ2) is 11.4. The van der Waals surface area contributed by atoms with Gasteiger partial charge in [-0.2, -0.15) is 0 Å². The molecule has 0 amide bonds. The van der Waals surface area contributed by atoms with E-state index in [2.05, 4.69) is 210 Å². The van der Waals surface area contributed by atoms with Gasteiger partial charge in [-0.05, 0) is 131 Å². The van der Waals surface area contributed by atoms with Crippen LogP contribution in [0.25, 0.3) is 65.7 Å². The molecular formula is C57H45N. The molecule has 1 nitrogen and oxygen atoms in total. The first-order valence-corrected chi connectivity index (χ1v) is 20.9. The van der Waals surface area contributed by atoms with Crippen molar-refractivity contribution in [2.45, 2.75) is 57.8 Å². The van der Waals surface area contributed by atoms with E-state index in [1.165, 1.54) is 110 Å². The SMILES string of the molecule is CC1(C)c2cc(N(c3ccccc3)c3c4c(cc5ccccc35)C(C)(C)c3c-4ccc4ccccc34)ccc2-c2cc3c(cc21)-c1c(ccc2ccccc12)C3(C)C. The number of anilines is 3. The predicted molar refractivity (Wildman–Crippen MR) is 246 cm³/mol. The summed E-state index contributed by atoms with van der Waals surface area (Å²) in [6.45, 7) is 14.5. The normalized spacial score (nSPS) is 15.8. The third-order valence-corrected chi connectivity index (χ3v) is 14.4. The summed E-state index contributed by atoms with van der Waals surface area (Å²) in [6.07, 6.45) is 0. The average Bonchev–Trinajstić information content (AvgIpc) is 3.72. The first-order valence-electron chi connectivity index (χ1n) is 20.9. The highest BCUT2D eigenvalue weighted by Crippen LogP contribution is 2.60. The third-order valence-electron chi connectivity index (χ3n) is 14.4. The van der Waals surface area contributed by atoms with Crippen LogP contribution in [-0.2, 0) is 16.2 Å². The molecule has 58 heavy (non-hydrogen) atoms. The Bertz CT molecular complexity index is 3250. The molecule has 12 rings (SSSR count). The molecule has 3 aliphatic carbocycles. The van der Waals surface area contributed by atoms with Gasteiger partial charge < -0.3 is 4.90 Å². The summed E-state index contributed by atoms with van der Waals surface area (Å²) in [5, 5.41) is 7.81. The largest absolute Gasteiger partial charge is 0.309 e. The molecule has 0 saturated carbocycles. The van der Waals surface area contributed by atoms with Gasteiger partial charge in [0.15, 0.2) is 0 Å². The lowest BCUT2D eigenvalue weighted by atomic mass is 9.79. The Hall–Kier alpha value is -6.44. The van der Waals surface area contributed by atoms with Crippen LogP contribution in [0.3, 0.4) is 0 Å². The van der Waals surface area contributed by atoms with Gasteiger partial charge in [0.1, 0.15) is 0 Å². The summed E-state index contributed by atoms with van der Waals surface area (Å²) in [5.41, 5.74) is 19.7. The maximum atomic E-state index is 2.56. The zero-order valence-corrected chi connectivity index (χ0v) is 34.0. The predicted octanol–water partition coefficient (Wildman–Crippen LogP) is 15.5.